The second kappa shape index (κ2) is 6.11. The van der Waals surface area contributed by atoms with E-state index < -0.39 is 10.0 Å². The zero-order valence-corrected chi connectivity index (χ0v) is 13.0. The van der Waals surface area contributed by atoms with E-state index in [0.717, 1.165) is 19.5 Å². The van der Waals surface area contributed by atoms with Crippen LogP contribution in [0.4, 0.5) is 0 Å². The van der Waals surface area contributed by atoms with Crippen molar-refractivity contribution >= 4 is 10.0 Å². The number of hydrogen-bond acceptors (Lipinski definition) is 4. The third-order valence-corrected chi connectivity index (χ3v) is 4.76. The highest BCUT2D eigenvalue weighted by Crippen LogP contribution is 2.18. The lowest BCUT2D eigenvalue weighted by molar-refractivity contribution is 0.242. The van der Waals surface area contributed by atoms with Crippen LogP contribution >= 0.6 is 0 Å². The molecule has 0 aliphatic carbocycles. The summed E-state index contributed by atoms with van der Waals surface area (Å²) in [6.07, 6.45) is 0.925. The molecule has 2 rings (SSSR count). The van der Waals surface area contributed by atoms with E-state index in [1.165, 1.54) is 0 Å². The van der Waals surface area contributed by atoms with Gasteiger partial charge in [0, 0.05) is 12.6 Å². The minimum absolute atomic E-state index is 0.00316. The van der Waals surface area contributed by atoms with Crippen molar-refractivity contribution in [3.8, 4) is 5.75 Å². The molecule has 0 radical (unpaired) electrons. The first-order chi connectivity index (χ1) is 9.37. The molecular formula is C14H22N2O3S. The molecule has 1 aromatic carbocycles. The fourth-order valence-electron chi connectivity index (χ4n) is 2.29. The highest BCUT2D eigenvalue weighted by Gasteiger charge is 2.25. The van der Waals surface area contributed by atoms with E-state index in [0.29, 0.717) is 5.75 Å². The maximum absolute atomic E-state index is 12.3. The molecular weight excluding hydrogens is 276 g/mol. The highest BCUT2D eigenvalue weighted by atomic mass is 32.2. The third-order valence-electron chi connectivity index (χ3n) is 3.22. The molecule has 1 aliphatic heterocycles. The molecule has 1 atom stereocenters. The van der Waals surface area contributed by atoms with Gasteiger partial charge < -0.3 is 9.64 Å². The van der Waals surface area contributed by atoms with Crippen molar-refractivity contribution in [2.45, 2.75) is 37.3 Å². The average molecular weight is 298 g/mol. The van der Waals surface area contributed by atoms with Crippen molar-refractivity contribution in [3.05, 3.63) is 24.3 Å². The van der Waals surface area contributed by atoms with Crippen molar-refractivity contribution in [3.63, 3.8) is 0 Å². The van der Waals surface area contributed by atoms with Crippen LogP contribution in [-0.2, 0) is 10.0 Å². The Morgan fingerprint density at radius 3 is 2.45 bits per heavy atom. The SMILES string of the molecule is CC(C)Oc1ccc(S(=O)(=O)NC2CCN(C)C2)cc1. The molecule has 1 unspecified atom stereocenters. The van der Waals surface area contributed by atoms with Crippen LogP contribution in [0.5, 0.6) is 5.75 Å². The average Bonchev–Trinajstić information content (AvgIpc) is 2.74. The van der Waals surface area contributed by atoms with Gasteiger partial charge in [-0.3, -0.25) is 0 Å². The second-order valence-electron chi connectivity index (χ2n) is 5.51. The van der Waals surface area contributed by atoms with Crippen molar-refractivity contribution in [2.24, 2.45) is 0 Å². The number of sulfonamides is 1. The summed E-state index contributed by atoms with van der Waals surface area (Å²) in [7, 11) is -1.45. The lowest BCUT2D eigenvalue weighted by Crippen LogP contribution is -2.36. The van der Waals surface area contributed by atoms with Gasteiger partial charge in [-0.05, 0) is 58.1 Å². The molecule has 5 nitrogen and oxygen atoms in total. The first-order valence-corrected chi connectivity index (χ1v) is 8.33. The van der Waals surface area contributed by atoms with E-state index in [1.807, 2.05) is 20.9 Å². The molecule has 112 valence electrons. The van der Waals surface area contributed by atoms with E-state index >= 15 is 0 Å². The van der Waals surface area contributed by atoms with Crippen LogP contribution in [0.3, 0.4) is 0 Å². The summed E-state index contributed by atoms with van der Waals surface area (Å²) in [5.41, 5.74) is 0. The Morgan fingerprint density at radius 1 is 1.30 bits per heavy atom. The number of benzene rings is 1. The quantitative estimate of drug-likeness (QED) is 0.894. The summed E-state index contributed by atoms with van der Waals surface area (Å²) in [5.74, 6) is 0.680. The van der Waals surface area contributed by atoms with Crippen LogP contribution in [0, 0.1) is 0 Å². The van der Waals surface area contributed by atoms with Gasteiger partial charge in [0.05, 0.1) is 11.0 Å². The van der Waals surface area contributed by atoms with Gasteiger partial charge in [0.15, 0.2) is 0 Å². The van der Waals surface area contributed by atoms with Gasteiger partial charge in [-0.15, -0.1) is 0 Å². The molecule has 0 aromatic heterocycles. The monoisotopic (exact) mass is 298 g/mol. The Balaban J connectivity index is 2.05. The largest absolute Gasteiger partial charge is 0.491 e. The minimum atomic E-state index is -3.44. The van der Waals surface area contributed by atoms with Gasteiger partial charge in [0.2, 0.25) is 10.0 Å². The molecule has 1 aromatic rings. The Morgan fingerprint density at radius 2 is 1.95 bits per heavy atom. The zero-order valence-electron chi connectivity index (χ0n) is 12.2. The van der Waals surface area contributed by atoms with Gasteiger partial charge >= 0.3 is 0 Å². The molecule has 0 bridgehead atoms. The fourth-order valence-corrected chi connectivity index (χ4v) is 3.55. The number of nitrogens with zero attached hydrogens (tertiary/aromatic N) is 1. The molecule has 1 heterocycles. The molecule has 6 heteroatoms. The summed E-state index contributed by atoms with van der Waals surface area (Å²) >= 11 is 0. The molecule has 0 saturated carbocycles. The standard InChI is InChI=1S/C14H22N2O3S/c1-11(2)19-13-4-6-14(7-5-13)20(17,18)15-12-8-9-16(3)10-12/h4-7,11-12,15H,8-10H2,1-3H3. The fraction of sp³-hybridized carbons (Fsp3) is 0.571. The van der Waals surface area contributed by atoms with Crippen LogP contribution in [0.1, 0.15) is 20.3 Å². The number of ether oxygens (including phenoxy) is 1. The summed E-state index contributed by atoms with van der Waals surface area (Å²) < 4.78 is 32.8. The minimum Gasteiger partial charge on any atom is -0.491 e. The van der Waals surface area contributed by atoms with Crippen molar-refractivity contribution in [2.75, 3.05) is 20.1 Å². The van der Waals surface area contributed by atoms with Crippen molar-refractivity contribution in [1.82, 2.24) is 9.62 Å². The predicted molar refractivity (Wildman–Crippen MR) is 78.4 cm³/mol. The predicted octanol–water partition coefficient (Wildman–Crippen LogP) is 1.46. The summed E-state index contributed by atoms with van der Waals surface area (Å²) in [5, 5.41) is 0. The Kier molecular flexibility index (Phi) is 4.67. The van der Waals surface area contributed by atoms with Crippen LogP contribution in [0.25, 0.3) is 0 Å². The molecule has 1 fully saturated rings. The maximum atomic E-state index is 12.3. The van der Waals surface area contributed by atoms with Gasteiger partial charge in [-0.25, -0.2) is 13.1 Å². The van der Waals surface area contributed by atoms with Gasteiger partial charge in [-0.2, -0.15) is 0 Å². The first kappa shape index (κ1) is 15.3. The molecule has 1 saturated heterocycles. The summed E-state index contributed by atoms with van der Waals surface area (Å²) in [4.78, 5) is 2.40. The van der Waals surface area contributed by atoms with Crippen molar-refractivity contribution < 1.29 is 13.2 Å². The number of likely N-dealkylation sites (N-methyl/N-ethyl adjacent to an activating group) is 1. The number of nitrogens with one attached hydrogen (secondary N) is 1. The molecule has 20 heavy (non-hydrogen) atoms. The Bertz CT molecular complexity index is 540. The number of hydrogen-bond donors (Lipinski definition) is 1. The van der Waals surface area contributed by atoms with E-state index in [4.69, 9.17) is 4.74 Å². The first-order valence-electron chi connectivity index (χ1n) is 6.84. The molecule has 0 amide bonds. The van der Waals surface area contributed by atoms with E-state index in [9.17, 15) is 8.42 Å². The third kappa shape index (κ3) is 3.94. The van der Waals surface area contributed by atoms with E-state index in [1.54, 1.807) is 24.3 Å². The van der Waals surface area contributed by atoms with Crippen LogP contribution in [-0.4, -0.2) is 45.6 Å². The summed E-state index contributed by atoms with van der Waals surface area (Å²) in [6, 6.07) is 6.54. The van der Waals surface area contributed by atoms with Crippen LogP contribution in [0.2, 0.25) is 0 Å². The van der Waals surface area contributed by atoms with E-state index in [2.05, 4.69) is 9.62 Å². The Labute approximate surface area is 121 Å². The van der Waals surface area contributed by atoms with E-state index in [-0.39, 0.29) is 17.0 Å². The number of rotatable bonds is 5. The smallest absolute Gasteiger partial charge is 0.240 e. The van der Waals surface area contributed by atoms with Gasteiger partial charge in [0.1, 0.15) is 5.75 Å². The normalized spacial score (nSPS) is 20.5. The highest BCUT2D eigenvalue weighted by molar-refractivity contribution is 7.89. The molecule has 1 N–H and O–H groups in total. The van der Waals surface area contributed by atoms with Crippen LogP contribution in [0.15, 0.2) is 29.2 Å². The second-order valence-corrected chi connectivity index (χ2v) is 7.22. The van der Waals surface area contributed by atoms with Crippen molar-refractivity contribution in [1.29, 1.82) is 0 Å². The molecule has 1 aliphatic rings. The summed E-state index contributed by atoms with van der Waals surface area (Å²) in [6.45, 7) is 5.55. The topological polar surface area (TPSA) is 58.6 Å². The van der Waals surface area contributed by atoms with Gasteiger partial charge in [0.25, 0.3) is 0 Å². The lowest BCUT2D eigenvalue weighted by Gasteiger charge is -2.14. The maximum Gasteiger partial charge on any atom is 0.240 e. The molecule has 0 spiro atoms. The number of likely N-dealkylation sites (tertiary alicyclic amines) is 1. The Hall–Kier alpha value is -1.11. The lowest BCUT2D eigenvalue weighted by atomic mass is 10.3. The van der Waals surface area contributed by atoms with Gasteiger partial charge in [-0.1, -0.05) is 0 Å². The zero-order chi connectivity index (χ0) is 14.8. The van der Waals surface area contributed by atoms with Crippen LogP contribution < -0.4 is 9.46 Å².